The maximum absolute atomic E-state index is 3.66. The molecule has 1 nitrogen and oxygen atoms in total. The van der Waals surface area contributed by atoms with Crippen LogP contribution in [0.4, 0.5) is 5.69 Å². The van der Waals surface area contributed by atoms with Gasteiger partial charge in [-0.3, -0.25) is 0 Å². The fraction of sp³-hybridized carbons (Fsp3) is 0.571. The molecule has 0 amide bonds. The number of hydrogen-bond acceptors (Lipinski definition) is 2. The molecule has 0 saturated heterocycles. The molecule has 1 fully saturated rings. The lowest BCUT2D eigenvalue weighted by atomic mass is 10.1. The van der Waals surface area contributed by atoms with Crippen molar-refractivity contribution < 1.29 is 0 Å². The van der Waals surface area contributed by atoms with Crippen molar-refractivity contribution in [2.24, 2.45) is 0 Å². The lowest BCUT2D eigenvalue weighted by Crippen LogP contribution is -2.17. The van der Waals surface area contributed by atoms with E-state index in [0.29, 0.717) is 6.04 Å². The average Bonchev–Trinajstić information content (AvgIpc) is 2.59. The van der Waals surface area contributed by atoms with Crippen molar-refractivity contribution in [1.29, 1.82) is 0 Å². The highest BCUT2D eigenvalue weighted by Gasteiger charge is 2.11. The highest BCUT2D eigenvalue weighted by atomic mass is 32.2. The van der Waals surface area contributed by atoms with Gasteiger partial charge in [0.25, 0.3) is 0 Å². The summed E-state index contributed by atoms with van der Waals surface area (Å²) in [5, 5.41) is 3.66. The SMILES string of the molecule is CSc1ccc(NC2CCCCCC2)cc1. The first-order chi connectivity index (χ1) is 7.88. The molecule has 0 unspecified atom stereocenters. The van der Waals surface area contributed by atoms with Crippen LogP contribution in [0.25, 0.3) is 0 Å². The fourth-order valence-electron chi connectivity index (χ4n) is 2.35. The van der Waals surface area contributed by atoms with Crippen molar-refractivity contribution >= 4 is 17.4 Å². The van der Waals surface area contributed by atoms with Gasteiger partial charge in [0.15, 0.2) is 0 Å². The summed E-state index contributed by atoms with van der Waals surface area (Å²) in [6, 6.07) is 9.50. The third-order valence-corrected chi connectivity index (χ3v) is 4.06. The molecular weight excluding hydrogens is 214 g/mol. The number of hydrogen-bond donors (Lipinski definition) is 1. The zero-order valence-electron chi connectivity index (χ0n) is 10.0. The predicted octanol–water partition coefficient (Wildman–Crippen LogP) is 4.54. The lowest BCUT2D eigenvalue weighted by Gasteiger charge is -2.17. The van der Waals surface area contributed by atoms with Crippen LogP contribution in [0.5, 0.6) is 0 Å². The molecule has 1 aliphatic rings. The first-order valence-electron chi connectivity index (χ1n) is 6.29. The first kappa shape index (κ1) is 11.8. The van der Waals surface area contributed by atoms with Gasteiger partial charge in [-0.1, -0.05) is 25.7 Å². The molecule has 0 atom stereocenters. The summed E-state index contributed by atoms with van der Waals surface area (Å²) in [6.07, 6.45) is 10.4. The lowest BCUT2D eigenvalue weighted by molar-refractivity contribution is 0.620. The van der Waals surface area contributed by atoms with Crippen molar-refractivity contribution in [3.63, 3.8) is 0 Å². The minimum atomic E-state index is 0.697. The van der Waals surface area contributed by atoms with E-state index in [1.54, 1.807) is 11.8 Å². The molecule has 1 aromatic carbocycles. The molecule has 1 saturated carbocycles. The summed E-state index contributed by atoms with van der Waals surface area (Å²) in [6.45, 7) is 0. The van der Waals surface area contributed by atoms with E-state index in [2.05, 4.69) is 35.8 Å². The highest BCUT2D eigenvalue weighted by Crippen LogP contribution is 2.22. The molecule has 0 heterocycles. The number of rotatable bonds is 3. The van der Waals surface area contributed by atoms with Gasteiger partial charge in [-0.05, 0) is 43.4 Å². The number of anilines is 1. The third-order valence-electron chi connectivity index (χ3n) is 3.32. The second-order valence-electron chi connectivity index (χ2n) is 4.56. The summed E-state index contributed by atoms with van der Waals surface area (Å²) in [5.41, 5.74) is 1.28. The zero-order valence-corrected chi connectivity index (χ0v) is 10.9. The van der Waals surface area contributed by atoms with E-state index in [9.17, 15) is 0 Å². The summed E-state index contributed by atoms with van der Waals surface area (Å²) >= 11 is 1.80. The molecular formula is C14H21NS. The third kappa shape index (κ3) is 3.44. The van der Waals surface area contributed by atoms with E-state index in [1.807, 2.05) is 0 Å². The van der Waals surface area contributed by atoms with E-state index >= 15 is 0 Å². The van der Waals surface area contributed by atoms with Crippen molar-refractivity contribution in [2.75, 3.05) is 11.6 Å². The standard InChI is InChI=1S/C14H21NS/c1-16-14-10-8-13(9-11-14)15-12-6-4-2-3-5-7-12/h8-12,15H,2-7H2,1H3. The number of thioether (sulfide) groups is 1. The van der Waals surface area contributed by atoms with Crippen LogP contribution < -0.4 is 5.32 Å². The molecule has 0 bridgehead atoms. The Morgan fingerprint density at radius 1 is 1.00 bits per heavy atom. The molecule has 2 heteroatoms. The zero-order chi connectivity index (χ0) is 11.2. The molecule has 0 radical (unpaired) electrons. The second kappa shape index (κ2) is 6.19. The van der Waals surface area contributed by atoms with Crippen molar-refractivity contribution in [3.05, 3.63) is 24.3 Å². The molecule has 16 heavy (non-hydrogen) atoms. The molecule has 88 valence electrons. The van der Waals surface area contributed by atoms with Crippen LogP contribution in [0.15, 0.2) is 29.2 Å². The Kier molecular flexibility index (Phi) is 4.58. The molecule has 1 aromatic rings. The summed E-state index contributed by atoms with van der Waals surface area (Å²) in [5.74, 6) is 0. The van der Waals surface area contributed by atoms with Gasteiger partial charge in [-0.15, -0.1) is 11.8 Å². The van der Waals surface area contributed by atoms with Gasteiger partial charge in [0, 0.05) is 16.6 Å². The van der Waals surface area contributed by atoms with Gasteiger partial charge >= 0.3 is 0 Å². The number of nitrogens with one attached hydrogen (secondary N) is 1. The first-order valence-corrected chi connectivity index (χ1v) is 7.51. The van der Waals surface area contributed by atoms with Crippen LogP contribution in [0.3, 0.4) is 0 Å². The Balaban J connectivity index is 1.91. The Labute approximate surface area is 103 Å². The van der Waals surface area contributed by atoms with Gasteiger partial charge in [-0.2, -0.15) is 0 Å². The second-order valence-corrected chi connectivity index (χ2v) is 5.44. The quantitative estimate of drug-likeness (QED) is 0.609. The van der Waals surface area contributed by atoms with Crippen LogP contribution in [0.1, 0.15) is 38.5 Å². The molecule has 1 aliphatic carbocycles. The smallest absolute Gasteiger partial charge is 0.0343 e. The van der Waals surface area contributed by atoms with Crippen molar-refractivity contribution in [1.82, 2.24) is 0 Å². The number of benzene rings is 1. The molecule has 0 spiro atoms. The molecule has 0 aromatic heterocycles. The Hall–Kier alpha value is -0.630. The molecule has 2 rings (SSSR count). The summed E-state index contributed by atoms with van der Waals surface area (Å²) in [4.78, 5) is 1.34. The summed E-state index contributed by atoms with van der Waals surface area (Å²) in [7, 11) is 0. The normalized spacial score (nSPS) is 18.1. The van der Waals surface area contributed by atoms with Crippen LogP contribution in [-0.4, -0.2) is 12.3 Å². The van der Waals surface area contributed by atoms with Gasteiger partial charge in [0.05, 0.1) is 0 Å². The van der Waals surface area contributed by atoms with Crippen molar-refractivity contribution in [2.45, 2.75) is 49.5 Å². The fourth-order valence-corrected chi connectivity index (χ4v) is 2.75. The molecule has 1 N–H and O–H groups in total. The Bertz CT molecular complexity index is 299. The van der Waals surface area contributed by atoms with E-state index in [1.165, 1.54) is 49.1 Å². The van der Waals surface area contributed by atoms with E-state index < -0.39 is 0 Å². The predicted molar refractivity (Wildman–Crippen MR) is 73.3 cm³/mol. The Morgan fingerprint density at radius 2 is 1.62 bits per heavy atom. The van der Waals surface area contributed by atoms with Gasteiger partial charge in [0.2, 0.25) is 0 Å². The van der Waals surface area contributed by atoms with Crippen molar-refractivity contribution in [3.8, 4) is 0 Å². The largest absolute Gasteiger partial charge is 0.382 e. The van der Waals surface area contributed by atoms with Crippen LogP contribution in [0.2, 0.25) is 0 Å². The topological polar surface area (TPSA) is 12.0 Å². The minimum Gasteiger partial charge on any atom is -0.382 e. The minimum absolute atomic E-state index is 0.697. The van der Waals surface area contributed by atoms with Gasteiger partial charge in [-0.25, -0.2) is 0 Å². The van der Waals surface area contributed by atoms with E-state index in [-0.39, 0.29) is 0 Å². The van der Waals surface area contributed by atoms with Gasteiger partial charge in [0.1, 0.15) is 0 Å². The van der Waals surface area contributed by atoms with E-state index in [4.69, 9.17) is 0 Å². The summed E-state index contributed by atoms with van der Waals surface area (Å²) < 4.78 is 0. The molecule has 0 aliphatic heterocycles. The van der Waals surface area contributed by atoms with Gasteiger partial charge < -0.3 is 5.32 Å². The maximum atomic E-state index is 3.66. The Morgan fingerprint density at radius 3 is 2.19 bits per heavy atom. The maximum Gasteiger partial charge on any atom is 0.0343 e. The van der Waals surface area contributed by atoms with Crippen LogP contribution in [-0.2, 0) is 0 Å². The highest BCUT2D eigenvalue weighted by molar-refractivity contribution is 7.98. The van der Waals surface area contributed by atoms with E-state index in [0.717, 1.165) is 0 Å². The monoisotopic (exact) mass is 235 g/mol. The average molecular weight is 235 g/mol. The van der Waals surface area contributed by atoms with Crippen LogP contribution in [0, 0.1) is 0 Å². The van der Waals surface area contributed by atoms with Crippen LogP contribution >= 0.6 is 11.8 Å².